The summed E-state index contributed by atoms with van der Waals surface area (Å²) in [6, 6.07) is 6.37. The number of nitrogens with zero attached hydrogens (tertiary/aromatic N) is 2. The first-order valence-corrected chi connectivity index (χ1v) is 7.09. The molecule has 0 aliphatic rings. The maximum Gasteiger partial charge on any atom is 0.322 e. The third kappa shape index (κ3) is 4.40. The van der Waals surface area contributed by atoms with Crippen LogP contribution in [0.15, 0.2) is 30.5 Å². The fourth-order valence-electron chi connectivity index (χ4n) is 1.89. The molecule has 0 aliphatic heterocycles. The van der Waals surface area contributed by atoms with Crippen molar-refractivity contribution in [1.82, 2.24) is 9.97 Å². The minimum absolute atomic E-state index is 0.0604. The van der Waals surface area contributed by atoms with Crippen LogP contribution in [-0.4, -0.2) is 39.5 Å². The fourth-order valence-corrected chi connectivity index (χ4v) is 1.89. The van der Waals surface area contributed by atoms with Crippen molar-refractivity contribution in [1.29, 1.82) is 0 Å². The van der Waals surface area contributed by atoms with Crippen molar-refractivity contribution in [3.8, 4) is 0 Å². The number of amides is 1. The zero-order valence-corrected chi connectivity index (χ0v) is 13.0. The minimum Gasteiger partial charge on any atom is -0.480 e. The second-order valence-electron chi connectivity index (χ2n) is 5.14. The number of rotatable bonds is 7. The Morgan fingerprint density at radius 2 is 2.12 bits per heavy atom. The summed E-state index contributed by atoms with van der Waals surface area (Å²) >= 11 is 0. The Labute approximate surface area is 138 Å². The summed E-state index contributed by atoms with van der Waals surface area (Å²) < 4.78 is 0. The number of carbonyl (C=O) groups excluding carboxylic acids is 1. The van der Waals surface area contributed by atoms with Gasteiger partial charge >= 0.3 is 5.97 Å². The summed E-state index contributed by atoms with van der Waals surface area (Å²) in [4.78, 5) is 30.4. The van der Waals surface area contributed by atoms with Crippen molar-refractivity contribution in [2.24, 2.45) is 11.5 Å². The topological polar surface area (TPSA) is 156 Å². The highest BCUT2D eigenvalue weighted by atomic mass is 16.4. The number of nitrogens with one attached hydrogen (secondary N) is 2. The third-order valence-electron chi connectivity index (χ3n) is 3.13. The van der Waals surface area contributed by atoms with Crippen molar-refractivity contribution in [3.63, 3.8) is 0 Å². The average Bonchev–Trinajstić information content (AvgIpc) is 2.52. The number of anilines is 3. The fraction of sp³-hybridized carbons (Fsp3) is 0.200. The van der Waals surface area contributed by atoms with Gasteiger partial charge in [-0.05, 0) is 24.6 Å². The van der Waals surface area contributed by atoms with Gasteiger partial charge in [0.1, 0.15) is 17.4 Å². The first-order valence-electron chi connectivity index (χ1n) is 7.09. The molecule has 1 heterocycles. The van der Waals surface area contributed by atoms with E-state index in [-0.39, 0.29) is 23.9 Å². The molecule has 0 bridgehead atoms. The number of benzene rings is 1. The van der Waals surface area contributed by atoms with Gasteiger partial charge < -0.3 is 27.2 Å². The highest BCUT2D eigenvalue weighted by molar-refractivity contribution is 5.98. The smallest absolute Gasteiger partial charge is 0.322 e. The monoisotopic (exact) mass is 330 g/mol. The average molecular weight is 330 g/mol. The van der Waals surface area contributed by atoms with Crippen molar-refractivity contribution in [3.05, 3.63) is 41.6 Å². The van der Waals surface area contributed by atoms with Crippen LogP contribution in [0.1, 0.15) is 15.9 Å². The van der Waals surface area contributed by atoms with Gasteiger partial charge in [0.05, 0.1) is 0 Å². The van der Waals surface area contributed by atoms with E-state index in [4.69, 9.17) is 16.6 Å². The molecule has 1 amide bonds. The Balaban J connectivity index is 2.24. The molecule has 1 aromatic carbocycles. The van der Waals surface area contributed by atoms with Crippen LogP contribution >= 0.6 is 0 Å². The zero-order chi connectivity index (χ0) is 17.7. The van der Waals surface area contributed by atoms with Gasteiger partial charge in [0, 0.05) is 18.4 Å². The minimum atomic E-state index is -1.14. The lowest BCUT2D eigenvalue weighted by Crippen LogP contribution is -2.37. The van der Waals surface area contributed by atoms with E-state index in [1.54, 1.807) is 0 Å². The molecule has 9 nitrogen and oxygen atoms in total. The van der Waals surface area contributed by atoms with E-state index in [1.165, 1.54) is 6.20 Å². The normalized spacial score (nSPS) is 11.6. The predicted octanol–water partition coefficient (Wildman–Crippen LogP) is 0.451. The van der Waals surface area contributed by atoms with Gasteiger partial charge in [0.2, 0.25) is 5.95 Å². The summed E-state index contributed by atoms with van der Waals surface area (Å²) in [5.41, 5.74) is 12.6. The van der Waals surface area contributed by atoms with Crippen LogP contribution in [0.2, 0.25) is 0 Å². The zero-order valence-electron chi connectivity index (χ0n) is 13.0. The maximum absolute atomic E-state index is 11.5. The van der Waals surface area contributed by atoms with E-state index >= 15 is 0 Å². The largest absolute Gasteiger partial charge is 0.480 e. The number of hydrogen-bond acceptors (Lipinski definition) is 7. The molecule has 0 fully saturated rings. The molecule has 2 rings (SSSR count). The number of nitrogens with two attached hydrogens (primary N) is 2. The molecule has 0 saturated carbocycles. The maximum atomic E-state index is 11.5. The molecule has 24 heavy (non-hydrogen) atoms. The summed E-state index contributed by atoms with van der Waals surface area (Å²) in [6.07, 6.45) is 1.27. The van der Waals surface area contributed by atoms with Gasteiger partial charge in [0.25, 0.3) is 5.91 Å². The Kier molecular flexibility index (Phi) is 5.27. The van der Waals surface area contributed by atoms with Crippen molar-refractivity contribution in [2.45, 2.75) is 13.0 Å². The first-order chi connectivity index (χ1) is 11.4. The summed E-state index contributed by atoms with van der Waals surface area (Å²) in [6.45, 7) is 1.87. The Hall–Kier alpha value is -3.20. The second kappa shape index (κ2) is 7.38. The van der Waals surface area contributed by atoms with Gasteiger partial charge in [0.15, 0.2) is 0 Å². The van der Waals surface area contributed by atoms with Crippen LogP contribution in [0.5, 0.6) is 0 Å². The molecular formula is C15H18N6O3. The molecule has 2 aromatic rings. The van der Waals surface area contributed by atoms with Crippen LogP contribution in [0.4, 0.5) is 17.5 Å². The van der Waals surface area contributed by atoms with Crippen LogP contribution in [0.3, 0.4) is 0 Å². The number of aromatic nitrogens is 2. The molecule has 9 heteroatoms. The van der Waals surface area contributed by atoms with Gasteiger partial charge in [-0.3, -0.25) is 9.59 Å². The summed E-state index contributed by atoms with van der Waals surface area (Å²) in [7, 11) is 0. The van der Waals surface area contributed by atoms with Gasteiger partial charge in [-0.2, -0.15) is 4.98 Å². The number of carboxylic acid groups (broad SMARTS) is 1. The van der Waals surface area contributed by atoms with Crippen LogP contribution < -0.4 is 22.1 Å². The molecule has 1 atom stereocenters. The van der Waals surface area contributed by atoms with E-state index in [0.29, 0.717) is 0 Å². The summed E-state index contributed by atoms with van der Waals surface area (Å²) in [5.74, 6) is -1.48. The Morgan fingerprint density at radius 1 is 1.38 bits per heavy atom. The van der Waals surface area contributed by atoms with Gasteiger partial charge in [-0.25, -0.2) is 4.98 Å². The number of aliphatic carboxylic acids is 1. The molecule has 1 unspecified atom stereocenters. The molecule has 7 N–H and O–H groups in total. The molecule has 1 aromatic heterocycles. The number of carbonyl (C=O) groups is 2. The molecule has 0 spiro atoms. The standard InChI is InChI=1S/C15H18N6O3/c1-8-3-2-4-9(5-8)20-13-10(12(17)22)6-18-15(21-13)19-7-11(16)14(23)24/h2-6,11H,7,16H2,1H3,(H2,17,22)(H,23,24)(H2,18,19,20,21). The van der Waals surface area contributed by atoms with Gasteiger partial charge in [-0.1, -0.05) is 12.1 Å². The number of carboxylic acids is 1. The number of primary amides is 1. The SMILES string of the molecule is Cc1cccc(Nc2nc(NCC(N)C(=O)O)ncc2C(N)=O)c1. The van der Waals surface area contributed by atoms with E-state index in [2.05, 4.69) is 20.6 Å². The predicted molar refractivity (Wildman–Crippen MR) is 89.1 cm³/mol. The molecular weight excluding hydrogens is 312 g/mol. The van der Waals surface area contributed by atoms with Crippen LogP contribution in [0, 0.1) is 6.92 Å². The highest BCUT2D eigenvalue weighted by Gasteiger charge is 2.15. The molecule has 0 radical (unpaired) electrons. The van der Waals surface area contributed by atoms with Crippen molar-refractivity contribution < 1.29 is 14.7 Å². The second-order valence-corrected chi connectivity index (χ2v) is 5.14. The molecule has 0 saturated heterocycles. The molecule has 0 aliphatic carbocycles. The van der Waals surface area contributed by atoms with Crippen LogP contribution in [0.25, 0.3) is 0 Å². The van der Waals surface area contributed by atoms with Crippen LogP contribution in [-0.2, 0) is 4.79 Å². The quantitative estimate of drug-likeness (QED) is 0.490. The lowest BCUT2D eigenvalue weighted by molar-refractivity contribution is -0.138. The van der Waals surface area contributed by atoms with Gasteiger partial charge in [-0.15, -0.1) is 0 Å². The van der Waals surface area contributed by atoms with Crippen molar-refractivity contribution in [2.75, 3.05) is 17.2 Å². The first kappa shape index (κ1) is 17.2. The van der Waals surface area contributed by atoms with Crippen molar-refractivity contribution >= 4 is 29.3 Å². The van der Waals surface area contributed by atoms with E-state index < -0.39 is 17.9 Å². The Bertz CT molecular complexity index is 765. The number of hydrogen-bond donors (Lipinski definition) is 5. The van der Waals surface area contributed by atoms with E-state index in [0.717, 1.165) is 11.3 Å². The summed E-state index contributed by atoms with van der Waals surface area (Å²) in [5, 5.41) is 14.5. The lowest BCUT2D eigenvalue weighted by Gasteiger charge is -2.12. The van der Waals surface area contributed by atoms with E-state index in [1.807, 2.05) is 31.2 Å². The number of aryl methyl sites for hydroxylation is 1. The van der Waals surface area contributed by atoms with E-state index in [9.17, 15) is 9.59 Å². The lowest BCUT2D eigenvalue weighted by atomic mass is 10.2. The Morgan fingerprint density at radius 3 is 2.75 bits per heavy atom. The molecule has 126 valence electrons. The third-order valence-corrected chi connectivity index (χ3v) is 3.13. The highest BCUT2D eigenvalue weighted by Crippen LogP contribution is 2.20.